The van der Waals surface area contributed by atoms with Crippen LogP contribution in [-0.2, 0) is 20.7 Å². The lowest BCUT2D eigenvalue weighted by Gasteiger charge is -2.32. The van der Waals surface area contributed by atoms with Crippen LogP contribution in [0.2, 0.25) is 0 Å². The fraction of sp³-hybridized carbons (Fsp3) is 0.436. The Balaban J connectivity index is 1.05. The molecule has 0 saturated heterocycles. The van der Waals surface area contributed by atoms with Gasteiger partial charge in [0.25, 0.3) is 5.91 Å². The second-order valence-corrected chi connectivity index (χ2v) is 15.3. The van der Waals surface area contributed by atoms with Crippen LogP contribution in [0.25, 0.3) is 33.3 Å². The van der Waals surface area contributed by atoms with Gasteiger partial charge in [0.1, 0.15) is 11.4 Å². The predicted octanol–water partition coefficient (Wildman–Crippen LogP) is 5.74. The highest BCUT2D eigenvalue weighted by Crippen LogP contribution is 2.39. The minimum atomic E-state index is -1.00. The number of ether oxygens (including phenoxy) is 1. The van der Waals surface area contributed by atoms with Gasteiger partial charge in [-0.2, -0.15) is 0 Å². The molecule has 3 amide bonds. The number of imide groups is 1. The van der Waals surface area contributed by atoms with Gasteiger partial charge in [0.2, 0.25) is 5.91 Å². The number of pyridine rings is 1. The molecule has 3 heterocycles. The number of fused-ring (bicyclic) bond motifs is 2. The molecule has 2 fully saturated rings. The molecule has 0 bridgehead atoms. The fourth-order valence-electron chi connectivity index (χ4n) is 7.08. The summed E-state index contributed by atoms with van der Waals surface area (Å²) in [7, 11) is 0. The van der Waals surface area contributed by atoms with E-state index in [4.69, 9.17) is 15.5 Å². The molecular weight excluding hydrogens is 660 g/mol. The lowest BCUT2D eigenvalue weighted by atomic mass is 9.81. The Hall–Kier alpha value is -5.30. The maximum atomic E-state index is 14.2. The topological polar surface area (TPSA) is 192 Å². The van der Waals surface area contributed by atoms with Crippen LogP contribution >= 0.6 is 0 Å². The maximum absolute atomic E-state index is 14.2. The number of alkyl carbamates (subject to hydrolysis) is 1. The summed E-state index contributed by atoms with van der Waals surface area (Å²) in [5, 5.41) is 2.84. The van der Waals surface area contributed by atoms with Gasteiger partial charge in [0.15, 0.2) is 5.65 Å². The number of carbonyl (C=O) groups excluding carboxylic acids is 3. The van der Waals surface area contributed by atoms with Gasteiger partial charge in [-0.1, -0.05) is 24.3 Å². The normalized spacial score (nSPS) is 18.3. The van der Waals surface area contributed by atoms with Gasteiger partial charge in [-0.05, 0) is 114 Å². The van der Waals surface area contributed by atoms with Crippen LogP contribution in [0.15, 0.2) is 53.3 Å². The summed E-state index contributed by atoms with van der Waals surface area (Å²) in [6.07, 6.45) is 4.61. The van der Waals surface area contributed by atoms with E-state index in [0.717, 1.165) is 52.2 Å². The molecular formula is C39H46N8O5. The van der Waals surface area contributed by atoms with E-state index in [2.05, 4.69) is 31.3 Å². The minimum absolute atomic E-state index is 0.188. The van der Waals surface area contributed by atoms with E-state index in [1.807, 2.05) is 52.0 Å². The van der Waals surface area contributed by atoms with Gasteiger partial charge in [0, 0.05) is 29.6 Å². The number of nitrogens with zero attached hydrogens (tertiary/aromatic N) is 3. The predicted molar refractivity (Wildman–Crippen MR) is 199 cm³/mol. The Kier molecular flexibility index (Phi) is 9.47. The van der Waals surface area contributed by atoms with Crippen molar-refractivity contribution in [3.8, 4) is 11.1 Å². The number of hydrogen-bond acceptors (Lipinski definition) is 8. The van der Waals surface area contributed by atoms with E-state index in [1.54, 1.807) is 18.2 Å². The van der Waals surface area contributed by atoms with Crippen LogP contribution in [-0.4, -0.2) is 61.0 Å². The summed E-state index contributed by atoms with van der Waals surface area (Å²) in [6, 6.07) is 13.9. The van der Waals surface area contributed by atoms with Crippen molar-refractivity contribution >= 4 is 45.8 Å². The van der Waals surface area contributed by atoms with E-state index >= 15 is 0 Å². The number of nitrogens with one attached hydrogen (secondary N) is 4. The minimum Gasteiger partial charge on any atom is -0.444 e. The van der Waals surface area contributed by atoms with Crippen molar-refractivity contribution in [2.24, 2.45) is 17.6 Å². The number of carbonyl (C=O) groups is 3. The van der Waals surface area contributed by atoms with Crippen LogP contribution in [0.4, 0.5) is 10.5 Å². The summed E-state index contributed by atoms with van der Waals surface area (Å²) in [6.45, 7) is 7.87. The maximum Gasteiger partial charge on any atom is 0.407 e. The molecule has 0 radical (unpaired) electrons. The van der Waals surface area contributed by atoms with E-state index in [1.165, 1.54) is 4.90 Å². The zero-order chi connectivity index (χ0) is 36.7. The Morgan fingerprint density at radius 3 is 2.33 bits per heavy atom. The van der Waals surface area contributed by atoms with Crippen LogP contribution in [0, 0.1) is 18.8 Å². The van der Waals surface area contributed by atoms with Crippen molar-refractivity contribution in [3.63, 3.8) is 0 Å². The first-order valence-corrected chi connectivity index (χ1v) is 18.1. The van der Waals surface area contributed by atoms with E-state index < -0.39 is 29.6 Å². The lowest BCUT2D eigenvalue weighted by Crippen LogP contribution is -2.50. The quantitative estimate of drug-likeness (QED) is 0.128. The number of amides is 3. The van der Waals surface area contributed by atoms with E-state index in [-0.39, 0.29) is 23.9 Å². The molecule has 0 unspecified atom stereocenters. The van der Waals surface area contributed by atoms with Crippen LogP contribution < -0.4 is 21.6 Å². The molecule has 13 nitrogen and oxygen atoms in total. The first kappa shape index (κ1) is 35.1. The molecule has 0 spiro atoms. The van der Waals surface area contributed by atoms with Crippen molar-refractivity contribution in [3.05, 3.63) is 76.1 Å². The number of imidazole rings is 2. The Labute approximate surface area is 301 Å². The molecule has 6 N–H and O–H groups in total. The zero-order valence-corrected chi connectivity index (χ0v) is 30.0. The van der Waals surface area contributed by atoms with Crippen LogP contribution in [0.3, 0.4) is 0 Å². The van der Waals surface area contributed by atoms with Crippen LogP contribution in [0.5, 0.6) is 0 Å². The Morgan fingerprint density at radius 1 is 0.923 bits per heavy atom. The molecule has 2 saturated carbocycles. The largest absolute Gasteiger partial charge is 0.444 e. The van der Waals surface area contributed by atoms with Crippen molar-refractivity contribution in [2.75, 3.05) is 11.4 Å². The molecule has 3 aromatic heterocycles. The molecule has 272 valence electrons. The number of aromatic amines is 3. The number of aryl methyl sites for hydroxylation is 1. The Morgan fingerprint density at radius 2 is 1.63 bits per heavy atom. The van der Waals surface area contributed by atoms with Gasteiger partial charge in [0.05, 0.1) is 28.3 Å². The third-order valence-corrected chi connectivity index (χ3v) is 10.0. The van der Waals surface area contributed by atoms with Gasteiger partial charge in [-0.15, -0.1) is 0 Å². The molecule has 7 rings (SSSR count). The Bertz CT molecular complexity index is 2180. The molecule has 1 atom stereocenters. The van der Waals surface area contributed by atoms with Crippen molar-refractivity contribution in [1.29, 1.82) is 0 Å². The number of hydrogen-bond donors (Lipinski definition) is 5. The van der Waals surface area contributed by atoms with Gasteiger partial charge in [-0.25, -0.2) is 24.5 Å². The standard InChI is InChI=1S/C39H46N8O5/c1-21-28(19-32-34(42-21)46-33(43-32)25-13-14-25)24-9-5-22(6-10-24)17-29(40)36(49)47(27-15-16-30-31(18-27)45-37(50)44-30)35(48)26-11-7-23(8-12-26)20-41-38(51)52-39(2,3)4/h5-6,9-10,15-16,18-19,23,25-26,29H,7-8,11-14,17,20,40H2,1-4H3,(H,41,51)(H,42,43,46)(H2,44,45,50)/t23?,26?,29-/m0/s1. The summed E-state index contributed by atoms with van der Waals surface area (Å²) in [5.41, 5.74) is 12.4. The van der Waals surface area contributed by atoms with Crippen molar-refractivity contribution in [2.45, 2.75) is 90.2 Å². The second kappa shape index (κ2) is 14.0. The second-order valence-electron chi connectivity index (χ2n) is 15.3. The number of anilines is 1. The zero-order valence-electron chi connectivity index (χ0n) is 30.0. The highest BCUT2D eigenvalue weighted by atomic mass is 16.6. The number of nitrogens with two attached hydrogens (primary N) is 1. The SMILES string of the molecule is Cc1nc2nc(C3CC3)[nH]c2cc1-c1ccc(C[C@H](N)C(=O)N(C(=O)C2CCC(CNC(=O)OC(C)(C)C)CC2)c2ccc3[nH]c(=O)[nH]c3c2)cc1. The van der Waals surface area contributed by atoms with Gasteiger partial charge in [-0.3, -0.25) is 9.59 Å². The molecule has 52 heavy (non-hydrogen) atoms. The molecule has 2 aliphatic rings. The average Bonchev–Trinajstić information content (AvgIpc) is 3.77. The highest BCUT2D eigenvalue weighted by molar-refractivity contribution is 6.17. The lowest BCUT2D eigenvalue weighted by molar-refractivity contribution is -0.130. The van der Waals surface area contributed by atoms with Gasteiger partial charge < -0.3 is 30.7 Å². The monoisotopic (exact) mass is 706 g/mol. The van der Waals surface area contributed by atoms with E-state index in [0.29, 0.717) is 54.9 Å². The summed E-state index contributed by atoms with van der Waals surface area (Å²) in [5.74, 6) is 0.449. The molecule has 0 aliphatic heterocycles. The number of aromatic nitrogens is 5. The first-order valence-electron chi connectivity index (χ1n) is 18.1. The fourth-order valence-corrected chi connectivity index (χ4v) is 7.08. The van der Waals surface area contributed by atoms with Crippen molar-refractivity contribution in [1.82, 2.24) is 30.2 Å². The first-order chi connectivity index (χ1) is 24.8. The number of rotatable bonds is 9. The number of H-pyrrole nitrogens is 3. The smallest absolute Gasteiger partial charge is 0.407 e. The van der Waals surface area contributed by atoms with Crippen molar-refractivity contribution < 1.29 is 19.1 Å². The molecule has 2 aromatic carbocycles. The van der Waals surface area contributed by atoms with Crippen LogP contribution in [0.1, 0.15) is 82.3 Å². The number of benzene rings is 2. The highest BCUT2D eigenvalue weighted by Gasteiger charge is 2.36. The third kappa shape index (κ3) is 7.79. The molecule has 13 heteroatoms. The molecule has 5 aromatic rings. The summed E-state index contributed by atoms with van der Waals surface area (Å²) in [4.78, 5) is 72.0. The summed E-state index contributed by atoms with van der Waals surface area (Å²) < 4.78 is 5.36. The van der Waals surface area contributed by atoms with Gasteiger partial charge >= 0.3 is 11.8 Å². The average molecular weight is 707 g/mol. The third-order valence-electron chi connectivity index (χ3n) is 10.0. The van der Waals surface area contributed by atoms with E-state index in [9.17, 15) is 19.2 Å². The summed E-state index contributed by atoms with van der Waals surface area (Å²) >= 11 is 0. The molecule has 2 aliphatic carbocycles.